The van der Waals surface area contributed by atoms with Crippen molar-refractivity contribution in [3.63, 3.8) is 0 Å². The number of hydrogen-bond donors (Lipinski definition) is 0. The Labute approximate surface area is 169 Å². The Morgan fingerprint density at radius 3 is 2.25 bits per heavy atom. The van der Waals surface area contributed by atoms with Gasteiger partial charge in [0, 0.05) is 5.57 Å². The molecule has 4 heteroatoms. The highest BCUT2D eigenvalue weighted by Gasteiger charge is 2.31. The number of ether oxygens (including phenoxy) is 1. The molecule has 1 aliphatic heterocycles. The van der Waals surface area contributed by atoms with Gasteiger partial charge in [0.05, 0.1) is 23.5 Å². The lowest BCUT2D eigenvalue weighted by atomic mass is 10.1. The normalized spacial score (nSPS) is 15.1. The first kappa shape index (κ1) is 18.1. The highest BCUT2D eigenvalue weighted by atomic mass is 35.5. The molecule has 0 bridgehead atoms. The minimum absolute atomic E-state index is 0.109. The fraction of sp³-hybridized carbons (Fsp3) is 0.0417. The lowest BCUT2D eigenvalue weighted by Gasteiger charge is -2.21. The smallest absolute Gasteiger partial charge is 0.262 e. The second kappa shape index (κ2) is 7.75. The van der Waals surface area contributed by atoms with E-state index < -0.39 is 0 Å². The zero-order chi connectivity index (χ0) is 19.5. The summed E-state index contributed by atoms with van der Waals surface area (Å²) in [6, 6.07) is 24.8. The molecule has 1 heterocycles. The molecule has 0 atom stereocenters. The lowest BCUT2D eigenvalue weighted by molar-refractivity contribution is -0.113. The molecule has 0 spiro atoms. The van der Waals surface area contributed by atoms with E-state index in [4.69, 9.17) is 16.3 Å². The molecule has 0 saturated heterocycles. The molecule has 1 amide bonds. The van der Waals surface area contributed by atoms with Crippen LogP contribution < -0.4 is 9.64 Å². The number of carbonyl (C=O) groups is 1. The number of benzene rings is 3. The second-order valence-electron chi connectivity index (χ2n) is 6.36. The molecule has 3 aromatic rings. The van der Waals surface area contributed by atoms with Crippen molar-refractivity contribution in [1.82, 2.24) is 0 Å². The second-order valence-corrected chi connectivity index (χ2v) is 6.77. The molecular formula is C24H18ClNO2. The lowest BCUT2D eigenvalue weighted by Crippen LogP contribution is -2.25. The molecule has 0 aliphatic carbocycles. The number of para-hydroxylation sites is 1. The Bertz CT molecular complexity index is 1070. The van der Waals surface area contributed by atoms with Crippen LogP contribution in [0.3, 0.4) is 0 Å². The third-order valence-corrected chi connectivity index (χ3v) is 4.90. The summed E-state index contributed by atoms with van der Waals surface area (Å²) in [6.07, 6.45) is 3.78. The van der Waals surface area contributed by atoms with E-state index in [1.807, 2.05) is 84.9 Å². The van der Waals surface area contributed by atoms with Crippen molar-refractivity contribution < 1.29 is 9.53 Å². The number of carbonyl (C=O) groups excluding carboxylic acids is 1. The van der Waals surface area contributed by atoms with Gasteiger partial charge in [0.25, 0.3) is 5.91 Å². The summed E-state index contributed by atoms with van der Waals surface area (Å²) in [6.45, 7) is 0. The molecule has 0 unspecified atom stereocenters. The maximum atomic E-state index is 13.3. The fourth-order valence-corrected chi connectivity index (χ4v) is 3.41. The van der Waals surface area contributed by atoms with Crippen LogP contribution in [0.15, 0.2) is 90.5 Å². The van der Waals surface area contributed by atoms with Gasteiger partial charge in [-0.1, -0.05) is 66.2 Å². The zero-order valence-corrected chi connectivity index (χ0v) is 16.1. The quantitative estimate of drug-likeness (QED) is 0.528. The van der Waals surface area contributed by atoms with Crippen LogP contribution in [-0.2, 0) is 4.79 Å². The summed E-state index contributed by atoms with van der Waals surface area (Å²) in [5, 5.41) is 0.531. The standard InChI is InChI=1S/C24H18ClNO2/c1-28-20-13-11-17(12-14-20)15-19-16-23(18-7-3-2-4-8-18)26(24(19)27)22-10-6-5-9-21(22)25/h2-16H,1H3. The van der Waals surface area contributed by atoms with E-state index in [-0.39, 0.29) is 5.91 Å². The van der Waals surface area contributed by atoms with Crippen LogP contribution in [0.2, 0.25) is 5.02 Å². The Balaban J connectivity index is 1.81. The first-order chi connectivity index (χ1) is 13.7. The van der Waals surface area contributed by atoms with E-state index in [1.165, 1.54) is 0 Å². The number of methoxy groups -OCH3 is 1. The maximum Gasteiger partial charge on any atom is 0.262 e. The van der Waals surface area contributed by atoms with Gasteiger partial charge in [-0.15, -0.1) is 0 Å². The van der Waals surface area contributed by atoms with Crippen LogP contribution in [0.25, 0.3) is 11.8 Å². The molecule has 0 radical (unpaired) electrons. The third kappa shape index (κ3) is 3.45. The van der Waals surface area contributed by atoms with Gasteiger partial charge in [0.15, 0.2) is 0 Å². The van der Waals surface area contributed by atoms with Gasteiger partial charge in [-0.2, -0.15) is 0 Å². The summed E-state index contributed by atoms with van der Waals surface area (Å²) >= 11 is 6.41. The first-order valence-electron chi connectivity index (χ1n) is 8.89. The molecule has 0 fully saturated rings. The third-order valence-electron chi connectivity index (χ3n) is 4.58. The topological polar surface area (TPSA) is 29.5 Å². The van der Waals surface area contributed by atoms with Gasteiger partial charge in [-0.25, -0.2) is 0 Å². The van der Waals surface area contributed by atoms with Crippen molar-refractivity contribution in [2.45, 2.75) is 0 Å². The number of hydrogen-bond acceptors (Lipinski definition) is 2. The summed E-state index contributed by atoms with van der Waals surface area (Å²) < 4.78 is 5.20. The van der Waals surface area contributed by atoms with Crippen LogP contribution in [0.5, 0.6) is 5.75 Å². The fourth-order valence-electron chi connectivity index (χ4n) is 3.19. The molecular weight excluding hydrogens is 370 g/mol. The number of amides is 1. The molecule has 1 aliphatic rings. The van der Waals surface area contributed by atoms with E-state index in [9.17, 15) is 4.79 Å². The number of halogens is 1. The van der Waals surface area contributed by atoms with E-state index in [0.717, 1.165) is 22.6 Å². The van der Waals surface area contributed by atoms with Crippen LogP contribution in [0.1, 0.15) is 11.1 Å². The maximum absolute atomic E-state index is 13.3. The van der Waals surface area contributed by atoms with E-state index in [1.54, 1.807) is 18.1 Å². The highest BCUT2D eigenvalue weighted by Crippen LogP contribution is 2.38. The van der Waals surface area contributed by atoms with E-state index >= 15 is 0 Å². The van der Waals surface area contributed by atoms with Gasteiger partial charge >= 0.3 is 0 Å². The Morgan fingerprint density at radius 1 is 0.893 bits per heavy atom. The van der Waals surface area contributed by atoms with Crippen molar-refractivity contribution >= 4 is 35.0 Å². The van der Waals surface area contributed by atoms with Gasteiger partial charge in [0.1, 0.15) is 5.75 Å². The molecule has 0 saturated carbocycles. The SMILES string of the molecule is COc1ccc(C=C2C=C(c3ccccc3)N(c3ccccc3Cl)C2=O)cc1. The predicted molar refractivity (Wildman–Crippen MR) is 114 cm³/mol. The van der Waals surface area contributed by atoms with Crippen LogP contribution in [0.4, 0.5) is 5.69 Å². The highest BCUT2D eigenvalue weighted by molar-refractivity contribution is 6.35. The monoisotopic (exact) mass is 387 g/mol. The number of nitrogens with zero attached hydrogens (tertiary/aromatic N) is 1. The van der Waals surface area contributed by atoms with Crippen molar-refractivity contribution in [3.05, 3.63) is 107 Å². The average Bonchev–Trinajstić information content (AvgIpc) is 3.06. The largest absolute Gasteiger partial charge is 0.497 e. The van der Waals surface area contributed by atoms with Gasteiger partial charge < -0.3 is 4.74 Å². The zero-order valence-electron chi connectivity index (χ0n) is 15.3. The minimum Gasteiger partial charge on any atom is -0.497 e. The number of rotatable bonds is 4. The minimum atomic E-state index is -0.109. The van der Waals surface area contributed by atoms with Crippen molar-refractivity contribution in [2.24, 2.45) is 0 Å². The predicted octanol–water partition coefficient (Wildman–Crippen LogP) is 5.82. The van der Waals surface area contributed by atoms with E-state index in [2.05, 4.69) is 0 Å². The summed E-state index contributed by atoms with van der Waals surface area (Å²) in [5.41, 5.74) is 3.95. The first-order valence-corrected chi connectivity index (χ1v) is 9.27. The molecule has 28 heavy (non-hydrogen) atoms. The summed E-state index contributed by atoms with van der Waals surface area (Å²) in [7, 11) is 1.63. The molecule has 138 valence electrons. The van der Waals surface area contributed by atoms with Crippen molar-refractivity contribution in [1.29, 1.82) is 0 Å². The van der Waals surface area contributed by atoms with Gasteiger partial charge in [-0.3, -0.25) is 9.69 Å². The average molecular weight is 388 g/mol. The van der Waals surface area contributed by atoms with Crippen LogP contribution in [0, 0.1) is 0 Å². The molecule has 0 aromatic heterocycles. The Kier molecular flexibility index (Phi) is 5.00. The Hall–Kier alpha value is -3.30. The summed E-state index contributed by atoms with van der Waals surface area (Å²) in [4.78, 5) is 15.0. The van der Waals surface area contributed by atoms with Crippen molar-refractivity contribution in [2.75, 3.05) is 12.0 Å². The van der Waals surface area contributed by atoms with Gasteiger partial charge in [0.2, 0.25) is 0 Å². The number of anilines is 1. The molecule has 3 nitrogen and oxygen atoms in total. The molecule has 4 rings (SSSR count). The van der Waals surface area contributed by atoms with E-state index in [0.29, 0.717) is 16.3 Å². The molecule has 3 aromatic carbocycles. The summed E-state index contributed by atoms with van der Waals surface area (Å²) in [5.74, 6) is 0.667. The van der Waals surface area contributed by atoms with Crippen molar-refractivity contribution in [3.8, 4) is 5.75 Å². The molecule has 0 N–H and O–H groups in total. The van der Waals surface area contributed by atoms with Crippen LogP contribution >= 0.6 is 11.6 Å². The van der Waals surface area contributed by atoms with Crippen LogP contribution in [-0.4, -0.2) is 13.0 Å². The van der Waals surface area contributed by atoms with Gasteiger partial charge in [-0.05, 0) is 47.5 Å². The Morgan fingerprint density at radius 2 is 1.57 bits per heavy atom.